The lowest BCUT2D eigenvalue weighted by Crippen LogP contribution is -2.27. The SMILES string of the molecule is CCC1CCCCC1C(=O)c1cc(C)c(F)cc1F. The molecule has 0 bridgehead atoms. The molecule has 1 aliphatic carbocycles. The largest absolute Gasteiger partial charge is 0.294 e. The van der Waals surface area contributed by atoms with Gasteiger partial charge >= 0.3 is 0 Å². The maximum absolute atomic E-state index is 13.8. The van der Waals surface area contributed by atoms with E-state index < -0.39 is 11.6 Å². The molecule has 2 unspecified atom stereocenters. The minimum absolute atomic E-state index is 0.0595. The second-order valence-corrected chi connectivity index (χ2v) is 5.50. The molecule has 0 spiro atoms. The van der Waals surface area contributed by atoms with Gasteiger partial charge in [0.1, 0.15) is 11.6 Å². The lowest BCUT2D eigenvalue weighted by atomic mass is 9.74. The van der Waals surface area contributed by atoms with Crippen LogP contribution in [-0.2, 0) is 0 Å². The quantitative estimate of drug-likeness (QED) is 0.726. The van der Waals surface area contributed by atoms with Gasteiger partial charge in [-0.2, -0.15) is 0 Å². The van der Waals surface area contributed by atoms with Crippen LogP contribution in [0.5, 0.6) is 0 Å². The highest BCUT2D eigenvalue weighted by molar-refractivity contribution is 5.98. The molecular weight excluding hydrogens is 246 g/mol. The van der Waals surface area contributed by atoms with Crippen molar-refractivity contribution in [3.63, 3.8) is 0 Å². The Morgan fingerprint density at radius 1 is 1.21 bits per heavy atom. The number of ketones is 1. The lowest BCUT2D eigenvalue weighted by molar-refractivity contribution is 0.0815. The zero-order valence-electron chi connectivity index (χ0n) is 11.5. The van der Waals surface area contributed by atoms with Crippen LogP contribution in [0.25, 0.3) is 0 Å². The smallest absolute Gasteiger partial charge is 0.169 e. The molecule has 19 heavy (non-hydrogen) atoms. The summed E-state index contributed by atoms with van der Waals surface area (Å²) < 4.78 is 27.1. The van der Waals surface area contributed by atoms with Gasteiger partial charge in [0.25, 0.3) is 0 Å². The molecule has 3 heteroatoms. The molecule has 0 N–H and O–H groups in total. The van der Waals surface area contributed by atoms with Crippen molar-refractivity contribution in [3.05, 3.63) is 34.9 Å². The molecular formula is C16H20F2O. The van der Waals surface area contributed by atoms with Gasteiger partial charge in [-0.25, -0.2) is 8.78 Å². The summed E-state index contributed by atoms with van der Waals surface area (Å²) in [6.45, 7) is 3.63. The van der Waals surface area contributed by atoms with Crippen LogP contribution in [-0.4, -0.2) is 5.78 Å². The summed E-state index contributed by atoms with van der Waals surface area (Å²) in [4.78, 5) is 12.5. The fraction of sp³-hybridized carbons (Fsp3) is 0.562. The summed E-state index contributed by atoms with van der Waals surface area (Å²) in [7, 11) is 0. The Balaban J connectivity index is 2.30. The molecule has 2 rings (SSSR count). The average molecular weight is 266 g/mol. The van der Waals surface area contributed by atoms with Gasteiger partial charge < -0.3 is 0 Å². The van der Waals surface area contributed by atoms with E-state index in [-0.39, 0.29) is 17.3 Å². The number of benzene rings is 1. The maximum Gasteiger partial charge on any atom is 0.169 e. The Labute approximate surface area is 113 Å². The lowest BCUT2D eigenvalue weighted by Gasteiger charge is -2.29. The summed E-state index contributed by atoms with van der Waals surface area (Å²) in [5.74, 6) is -1.23. The first-order valence-corrected chi connectivity index (χ1v) is 7.04. The molecule has 1 fully saturated rings. The van der Waals surface area contributed by atoms with Crippen molar-refractivity contribution in [2.45, 2.75) is 46.0 Å². The van der Waals surface area contributed by atoms with Crippen LogP contribution in [0.4, 0.5) is 8.78 Å². The van der Waals surface area contributed by atoms with Crippen molar-refractivity contribution >= 4 is 5.78 Å². The van der Waals surface area contributed by atoms with E-state index in [1.165, 1.54) is 6.07 Å². The molecule has 1 aromatic rings. The van der Waals surface area contributed by atoms with E-state index in [2.05, 4.69) is 6.92 Å². The first kappa shape index (κ1) is 14.2. The minimum Gasteiger partial charge on any atom is -0.294 e. The van der Waals surface area contributed by atoms with E-state index in [0.29, 0.717) is 11.5 Å². The van der Waals surface area contributed by atoms with Crippen LogP contribution in [0.15, 0.2) is 12.1 Å². The molecule has 0 aliphatic heterocycles. The molecule has 2 atom stereocenters. The summed E-state index contributed by atoms with van der Waals surface area (Å²) in [5.41, 5.74) is 0.387. The van der Waals surface area contributed by atoms with E-state index in [9.17, 15) is 13.6 Å². The Hall–Kier alpha value is -1.25. The van der Waals surface area contributed by atoms with Gasteiger partial charge in [-0.05, 0) is 37.3 Å². The van der Waals surface area contributed by atoms with E-state index in [1.807, 2.05) is 0 Å². The number of carbonyl (C=O) groups excluding carboxylic acids is 1. The minimum atomic E-state index is -0.728. The second kappa shape index (κ2) is 5.81. The summed E-state index contributed by atoms with van der Waals surface area (Å²) >= 11 is 0. The number of rotatable bonds is 3. The van der Waals surface area contributed by atoms with E-state index in [0.717, 1.165) is 38.2 Å². The zero-order valence-corrected chi connectivity index (χ0v) is 11.5. The molecule has 0 saturated heterocycles. The van der Waals surface area contributed by atoms with Crippen LogP contribution in [0, 0.1) is 30.4 Å². The van der Waals surface area contributed by atoms with Crippen LogP contribution < -0.4 is 0 Å². The Morgan fingerprint density at radius 2 is 1.89 bits per heavy atom. The van der Waals surface area contributed by atoms with Gasteiger partial charge in [0.2, 0.25) is 0 Å². The molecule has 0 heterocycles. The Kier molecular flexibility index (Phi) is 4.33. The topological polar surface area (TPSA) is 17.1 Å². The normalized spacial score (nSPS) is 23.4. The van der Waals surface area contributed by atoms with Gasteiger partial charge in [0.05, 0.1) is 5.56 Å². The van der Waals surface area contributed by atoms with Gasteiger partial charge in [0.15, 0.2) is 5.78 Å². The fourth-order valence-electron chi connectivity index (χ4n) is 3.09. The average Bonchev–Trinajstić information content (AvgIpc) is 2.42. The van der Waals surface area contributed by atoms with Crippen molar-refractivity contribution in [1.29, 1.82) is 0 Å². The van der Waals surface area contributed by atoms with Crippen LogP contribution >= 0.6 is 0 Å². The number of aryl methyl sites for hydroxylation is 1. The van der Waals surface area contributed by atoms with Gasteiger partial charge in [-0.3, -0.25) is 4.79 Å². The third kappa shape index (κ3) is 2.85. The second-order valence-electron chi connectivity index (χ2n) is 5.50. The van der Waals surface area contributed by atoms with Crippen LogP contribution in [0.1, 0.15) is 54.9 Å². The fourth-order valence-corrected chi connectivity index (χ4v) is 3.09. The summed E-state index contributed by atoms with van der Waals surface area (Å²) in [6.07, 6.45) is 4.97. The highest BCUT2D eigenvalue weighted by atomic mass is 19.1. The first-order valence-electron chi connectivity index (χ1n) is 7.04. The van der Waals surface area contributed by atoms with E-state index in [4.69, 9.17) is 0 Å². The van der Waals surface area contributed by atoms with E-state index in [1.54, 1.807) is 6.92 Å². The standard InChI is InChI=1S/C16H20F2O/c1-3-11-6-4-5-7-12(11)16(19)13-8-10(2)14(17)9-15(13)18/h8-9,11-12H,3-7H2,1-2H3. The number of Topliss-reactive ketones (excluding diaryl/α,β-unsaturated/α-hetero) is 1. The van der Waals surface area contributed by atoms with Crippen molar-refractivity contribution in [3.8, 4) is 0 Å². The molecule has 104 valence electrons. The summed E-state index contributed by atoms with van der Waals surface area (Å²) in [5, 5.41) is 0. The number of carbonyl (C=O) groups is 1. The molecule has 1 aromatic carbocycles. The predicted octanol–water partition coefficient (Wildman–Crippen LogP) is 4.67. The van der Waals surface area contributed by atoms with E-state index >= 15 is 0 Å². The first-order chi connectivity index (χ1) is 9.04. The molecule has 0 amide bonds. The molecule has 0 radical (unpaired) electrons. The maximum atomic E-state index is 13.8. The third-order valence-corrected chi connectivity index (χ3v) is 4.28. The molecule has 0 aromatic heterocycles. The summed E-state index contributed by atoms with van der Waals surface area (Å²) in [6, 6.07) is 2.18. The molecule has 1 aliphatic rings. The number of hydrogen-bond donors (Lipinski definition) is 0. The van der Waals surface area contributed by atoms with Gasteiger partial charge in [-0.15, -0.1) is 0 Å². The number of hydrogen-bond acceptors (Lipinski definition) is 1. The number of halogens is 2. The third-order valence-electron chi connectivity index (χ3n) is 4.28. The van der Waals surface area contributed by atoms with Gasteiger partial charge in [0, 0.05) is 12.0 Å². The van der Waals surface area contributed by atoms with Crippen molar-refractivity contribution < 1.29 is 13.6 Å². The Bertz CT molecular complexity index is 482. The Morgan fingerprint density at radius 3 is 2.58 bits per heavy atom. The van der Waals surface area contributed by atoms with Gasteiger partial charge in [-0.1, -0.05) is 26.2 Å². The van der Waals surface area contributed by atoms with Crippen molar-refractivity contribution in [1.82, 2.24) is 0 Å². The van der Waals surface area contributed by atoms with Crippen LogP contribution in [0.2, 0.25) is 0 Å². The molecule has 1 nitrogen and oxygen atoms in total. The zero-order chi connectivity index (χ0) is 14.0. The van der Waals surface area contributed by atoms with Crippen molar-refractivity contribution in [2.75, 3.05) is 0 Å². The monoisotopic (exact) mass is 266 g/mol. The highest BCUT2D eigenvalue weighted by Gasteiger charge is 2.31. The van der Waals surface area contributed by atoms with Crippen molar-refractivity contribution in [2.24, 2.45) is 11.8 Å². The van der Waals surface area contributed by atoms with Crippen LogP contribution in [0.3, 0.4) is 0 Å². The highest BCUT2D eigenvalue weighted by Crippen LogP contribution is 2.35. The predicted molar refractivity (Wildman–Crippen MR) is 71.2 cm³/mol. The molecule has 1 saturated carbocycles.